The Labute approximate surface area is 133 Å². The van der Waals surface area contributed by atoms with Crippen LogP contribution in [0.1, 0.15) is 11.1 Å². The van der Waals surface area contributed by atoms with Crippen LogP contribution in [-0.4, -0.2) is 8.42 Å². The lowest BCUT2D eigenvalue weighted by molar-refractivity contribution is 0.600. The van der Waals surface area contributed by atoms with Crippen LogP contribution in [0.4, 0.5) is 5.69 Å². The fraction of sp³-hybridized carbons (Fsp3) is 0.0714. The predicted octanol–water partition coefficient (Wildman–Crippen LogP) is 3.81. The van der Waals surface area contributed by atoms with Gasteiger partial charge < -0.3 is 0 Å². The van der Waals surface area contributed by atoms with Crippen molar-refractivity contribution in [2.24, 2.45) is 0 Å². The van der Waals surface area contributed by atoms with Gasteiger partial charge in [-0.15, -0.1) is 0 Å². The number of nitrogens with one attached hydrogen (secondary N) is 1. The van der Waals surface area contributed by atoms with E-state index in [0.29, 0.717) is 21.8 Å². The highest BCUT2D eigenvalue weighted by Crippen LogP contribution is 2.26. The van der Waals surface area contributed by atoms with Crippen molar-refractivity contribution in [3.8, 4) is 6.07 Å². The van der Waals surface area contributed by atoms with Gasteiger partial charge in [0.05, 0.1) is 33.1 Å². The van der Waals surface area contributed by atoms with Gasteiger partial charge in [0.2, 0.25) is 10.0 Å². The minimum atomic E-state index is -3.65. The molecular weight excluding hydrogens is 331 g/mol. The molecule has 7 heteroatoms. The Kier molecular flexibility index (Phi) is 4.73. The number of anilines is 1. The molecule has 2 rings (SSSR count). The van der Waals surface area contributed by atoms with Gasteiger partial charge in [-0.3, -0.25) is 4.72 Å². The van der Waals surface area contributed by atoms with Crippen molar-refractivity contribution >= 4 is 38.9 Å². The topological polar surface area (TPSA) is 70.0 Å². The maximum atomic E-state index is 12.1. The number of hydrogen-bond acceptors (Lipinski definition) is 3. The first-order valence-electron chi connectivity index (χ1n) is 5.85. The van der Waals surface area contributed by atoms with Gasteiger partial charge in [0.15, 0.2) is 0 Å². The highest BCUT2D eigenvalue weighted by Gasteiger charge is 2.14. The molecule has 0 atom stereocenters. The van der Waals surface area contributed by atoms with Crippen LogP contribution in [0.25, 0.3) is 0 Å². The Morgan fingerprint density at radius 2 is 1.81 bits per heavy atom. The van der Waals surface area contributed by atoms with Crippen LogP contribution >= 0.6 is 23.2 Å². The largest absolute Gasteiger partial charge is 0.283 e. The summed E-state index contributed by atoms with van der Waals surface area (Å²) >= 11 is 11.6. The first-order chi connectivity index (χ1) is 9.91. The molecule has 0 bridgehead atoms. The van der Waals surface area contributed by atoms with E-state index in [2.05, 4.69) is 4.72 Å². The molecule has 2 aromatic carbocycles. The van der Waals surface area contributed by atoms with Gasteiger partial charge in [0.1, 0.15) is 0 Å². The Morgan fingerprint density at radius 1 is 1.10 bits per heavy atom. The molecule has 0 fully saturated rings. The summed E-state index contributed by atoms with van der Waals surface area (Å²) in [5, 5.41) is 9.58. The molecule has 108 valence electrons. The summed E-state index contributed by atoms with van der Waals surface area (Å²) in [4.78, 5) is 0. The van der Waals surface area contributed by atoms with Crippen LogP contribution in [0.15, 0.2) is 42.5 Å². The summed E-state index contributed by atoms with van der Waals surface area (Å²) in [6.45, 7) is 0. The molecule has 0 heterocycles. The summed E-state index contributed by atoms with van der Waals surface area (Å²) in [6.07, 6.45) is 0. The van der Waals surface area contributed by atoms with Gasteiger partial charge in [0, 0.05) is 0 Å². The highest BCUT2D eigenvalue weighted by atomic mass is 35.5. The van der Waals surface area contributed by atoms with E-state index in [1.54, 1.807) is 24.3 Å². The molecule has 21 heavy (non-hydrogen) atoms. The minimum absolute atomic E-state index is 0.259. The maximum absolute atomic E-state index is 12.1. The van der Waals surface area contributed by atoms with E-state index in [9.17, 15) is 8.42 Å². The number of halogens is 2. The predicted molar refractivity (Wildman–Crippen MR) is 83.9 cm³/mol. The average Bonchev–Trinajstić information content (AvgIpc) is 2.43. The first kappa shape index (κ1) is 15.6. The number of rotatable bonds is 4. The van der Waals surface area contributed by atoms with Crippen molar-refractivity contribution in [1.82, 2.24) is 0 Å². The van der Waals surface area contributed by atoms with Crippen LogP contribution in [0.5, 0.6) is 0 Å². The normalized spacial score (nSPS) is 10.9. The smallest absolute Gasteiger partial charge is 0.236 e. The molecule has 4 nitrogen and oxygen atoms in total. The second-order valence-corrected chi connectivity index (χ2v) is 6.80. The summed E-state index contributed by atoms with van der Waals surface area (Å²) in [5.74, 6) is -0.295. The van der Waals surface area contributed by atoms with Crippen LogP contribution in [0, 0.1) is 11.3 Å². The number of sulfonamides is 1. The van der Waals surface area contributed by atoms with Gasteiger partial charge in [-0.2, -0.15) is 5.26 Å². The first-order valence-corrected chi connectivity index (χ1v) is 8.25. The van der Waals surface area contributed by atoms with Gasteiger partial charge in [-0.1, -0.05) is 41.4 Å². The average molecular weight is 341 g/mol. The molecule has 0 aliphatic carbocycles. The summed E-state index contributed by atoms with van der Waals surface area (Å²) in [7, 11) is -3.65. The lowest BCUT2D eigenvalue weighted by Crippen LogP contribution is -2.15. The highest BCUT2D eigenvalue weighted by molar-refractivity contribution is 7.91. The van der Waals surface area contributed by atoms with E-state index >= 15 is 0 Å². The molecule has 2 aromatic rings. The third-order valence-electron chi connectivity index (χ3n) is 2.68. The van der Waals surface area contributed by atoms with E-state index in [0.717, 1.165) is 0 Å². The van der Waals surface area contributed by atoms with Gasteiger partial charge in [-0.05, 0) is 29.8 Å². The standard InChI is InChI=1S/C14H10Cl2N2O2S/c15-13-6-5-12(7-14(13)16)18-21(19,20)9-11-4-2-1-3-10(11)8-17/h1-7,18H,9H2. The number of hydrogen-bond donors (Lipinski definition) is 1. The zero-order chi connectivity index (χ0) is 15.5. The second kappa shape index (κ2) is 6.35. The third kappa shape index (κ3) is 4.11. The fourth-order valence-electron chi connectivity index (χ4n) is 1.74. The molecule has 0 amide bonds. The van der Waals surface area contributed by atoms with Gasteiger partial charge in [-0.25, -0.2) is 8.42 Å². The molecule has 0 aliphatic heterocycles. The van der Waals surface area contributed by atoms with Crippen molar-refractivity contribution < 1.29 is 8.42 Å². The molecule has 0 saturated heterocycles. The Bertz CT molecular complexity index is 814. The number of benzene rings is 2. The van der Waals surface area contributed by atoms with Crippen molar-refractivity contribution in [2.45, 2.75) is 5.75 Å². The lowest BCUT2D eigenvalue weighted by Gasteiger charge is -2.09. The zero-order valence-corrected chi connectivity index (χ0v) is 13.0. The van der Waals surface area contributed by atoms with Gasteiger partial charge >= 0.3 is 0 Å². The molecule has 0 aliphatic rings. The fourth-order valence-corrected chi connectivity index (χ4v) is 3.25. The quantitative estimate of drug-likeness (QED) is 0.919. The molecule has 0 saturated carbocycles. The molecule has 0 aromatic heterocycles. The van der Waals surface area contributed by atoms with E-state index < -0.39 is 10.0 Å². The zero-order valence-electron chi connectivity index (χ0n) is 10.7. The minimum Gasteiger partial charge on any atom is -0.283 e. The van der Waals surface area contributed by atoms with Crippen LogP contribution in [0.2, 0.25) is 10.0 Å². The maximum Gasteiger partial charge on any atom is 0.236 e. The SMILES string of the molecule is N#Cc1ccccc1CS(=O)(=O)Nc1ccc(Cl)c(Cl)c1. The van der Waals surface area contributed by atoms with Gasteiger partial charge in [0.25, 0.3) is 0 Å². The molecule has 0 radical (unpaired) electrons. The second-order valence-electron chi connectivity index (χ2n) is 4.26. The number of nitrogens with zero attached hydrogens (tertiary/aromatic N) is 1. The summed E-state index contributed by atoms with van der Waals surface area (Å²) in [5.41, 5.74) is 1.09. The number of nitriles is 1. The van der Waals surface area contributed by atoms with Crippen LogP contribution in [-0.2, 0) is 15.8 Å². The third-order valence-corrected chi connectivity index (χ3v) is 4.65. The van der Waals surface area contributed by atoms with Crippen LogP contribution in [0.3, 0.4) is 0 Å². The molecule has 0 unspecified atom stereocenters. The molecular formula is C14H10Cl2N2O2S. The molecule has 0 spiro atoms. The van der Waals surface area contributed by atoms with Crippen molar-refractivity contribution in [1.29, 1.82) is 5.26 Å². The summed E-state index contributed by atoms with van der Waals surface area (Å²) < 4.78 is 26.7. The van der Waals surface area contributed by atoms with Crippen LogP contribution < -0.4 is 4.72 Å². The lowest BCUT2D eigenvalue weighted by atomic mass is 10.1. The van der Waals surface area contributed by atoms with Crippen molar-refractivity contribution in [3.63, 3.8) is 0 Å². The van der Waals surface area contributed by atoms with E-state index in [1.807, 2.05) is 6.07 Å². The summed E-state index contributed by atoms with van der Waals surface area (Å²) in [6, 6.07) is 13.0. The Morgan fingerprint density at radius 3 is 2.48 bits per heavy atom. The van der Waals surface area contributed by atoms with E-state index in [1.165, 1.54) is 18.2 Å². The Hall–Kier alpha value is -1.74. The van der Waals surface area contributed by atoms with Crippen molar-refractivity contribution in [2.75, 3.05) is 4.72 Å². The monoisotopic (exact) mass is 340 g/mol. The van der Waals surface area contributed by atoms with E-state index in [4.69, 9.17) is 28.5 Å². The molecule has 1 N–H and O–H groups in total. The van der Waals surface area contributed by atoms with E-state index in [-0.39, 0.29) is 10.8 Å². The Balaban J connectivity index is 2.23. The van der Waals surface area contributed by atoms with Crippen molar-refractivity contribution in [3.05, 3.63) is 63.6 Å².